The number of hydrogen-bond donors (Lipinski definition) is 2. The first-order valence-electron chi connectivity index (χ1n) is 4.79. The summed E-state index contributed by atoms with van der Waals surface area (Å²) in [6.07, 6.45) is 3.10. The van der Waals surface area contributed by atoms with Gasteiger partial charge in [0.05, 0.1) is 6.10 Å². The van der Waals surface area contributed by atoms with Crippen LogP contribution in [0.4, 0.5) is 0 Å². The van der Waals surface area contributed by atoms with Crippen LogP contribution in [0.2, 0.25) is 0 Å². The largest absolute Gasteiger partial charge is 0.392 e. The van der Waals surface area contributed by atoms with Crippen molar-refractivity contribution in [2.45, 2.75) is 25.4 Å². The minimum absolute atomic E-state index is 0.290. The molecule has 1 fully saturated rings. The Labute approximate surface area is 74.5 Å². The molecule has 0 aromatic heterocycles. The molecule has 1 saturated heterocycles. The summed E-state index contributed by atoms with van der Waals surface area (Å²) in [5.74, 6) is 0.655. The second kappa shape index (κ2) is 4.80. The molecule has 72 valence electrons. The summed E-state index contributed by atoms with van der Waals surface area (Å²) in [6, 6.07) is 0. The minimum atomic E-state index is -0.290. The van der Waals surface area contributed by atoms with Crippen LogP contribution in [-0.2, 0) is 0 Å². The van der Waals surface area contributed by atoms with Gasteiger partial charge < -0.3 is 15.7 Å². The van der Waals surface area contributed by atoms with Gasteiger partial charge in [0.15, 0.2) is 0 Å². The van der Waals surface area contributed by atoms with Crippen molar-refractivity contribution in [3.05, 3.63) is 0 Å². The second-order valence-electron chi connectivity index (χ2n) is 3.90. The molecule has 0 amide bonds. The van der Waals surface area contributed by atoms with Crippen LogP contribution in [0.5, 0.6) is 0 Å². The summed E-state index contributed by atoms with van der Waals surface area (Å²) in [5.41, 5.74) is 5.36. The predicted octanol–water partition coefficient (Wildman–Crippen LogP) is 0.0379. The van der Waals surface area contributed by atoms with E-state index >= 15 is 0 Å². The normalized spacial score (nSPS) is 28.8. The molecule has 0 aromatic rings. The van der Waals surface area contributed by atoms with E-state index in [1.165, 1.54) is 19.4 Å². The highest BCUT2D eigenvalue weighted by Crippen LogP contribution is 2.19. The Kier molecular flexibility index (Phi) is 3.98. The van der Waals surface area contributed by atoms with Gasteiger partial charge in [-0.05, 0) is 38.8 Å². The molecule has 0 aromatic carbocycles. The van der Waals surface area contributed by atoms with Crippen LogP contribution in [0.3, 0.4) is 0 Å². The van der Waals surface area contributed by atoms with E-state index in [-0.39, 0.29) is 6.10 Å². The van der Waals surface area contributed by atoms with E-state index in [0.717, 1.165) is 13.0 Å². The maximum absolute atomic E-state index is 9.35. The van der Waals surface area contributed by atoms with Crippen molar-refractivity contribution in [1.82, 2.24) is 4.90 Å². The summed E-state index contributed by atoms with van der Waals surface area (Å²) < 4.78 is 0. The number of rotatable bonds is 3. The molecule has 3 N–H and O–H groups in total. The molecule has 12 heavy (non-hydrogen) atoms. The van der Waals surface area contributed by atoms with E-state index in [4.69, 9.17) is 5.73 Å². The Balaban J connectivity index is 2.22. The summed E-state index contributed by atoms with van der Waals surface area (Å²) in [5, 5.41) is 9.35. The van der Waals surface area contributed by atoms with E-state index in [9.17, 15) is 5.11 Å². The Morgan fingerprint density at radius 1 is 1.67 bits per heavy atom. The first-order chi connectivity index (χ1) is 5.72. The van der Waals surface area contributed by atoms with Gasteiger partial charge in [0.25, 0.3) is 0 Å². The number of nitrogens with two attached hydrogens (primary N) is 1. The molecule has 1 aliphatic heterocycles. The van der Waals surface area contributed by atoms with Crippen molar-refractivity contribution < 1.29 is 5.11 Å². The van der Waals surface area contributed by atoms with Crippen molar-refractivity contribution in [2.75, 3.05) is 26.7 Å². The summed E-state index contributed by atoms with van der Waals surface area (Å²) in [6.45, 7) is 2.73. The lowest BCUT2D eigenvalue weighted by Crippen LogP contribution is -2.35. The lowest BCUT2D eigenvalue weighted by molar-refractivity contribution is 0.115. The van der Waals surface area contributed by atoms with Gasteiger partial charge in [-0.1, -0.05) is 0 Å². The van der Waals surface area contributed by atoms with Crippen LogP contribution in [0.1, 0.15) is 19.3 Å². The van der Waals surface area contributed by atoms with E-state index in [1.54, 1.807) is 0 Å². The molecule has 3 heteroatoms. The van der Waals surface area contributed by atoms with Crippen molar-refractivity contribution in [2.24, 2.45) is 11.7 Å². The summed E-state index contributed by atoms with van der Waals surface area (Å²) in [4.78, 5) is 2.33. The zero-order valence-corrected chi connectivity index (χ0v) is 7.87. The number of likely N-dealkylation sites (tertiary alicyclic amines) is 1. The predicted molar refractivity (Wildman–Crippen MR) is 49.9 cm³/mol. The van der Waals surface area contributed by atoms with Gasteiger partial charge in [-0.2, -0.15) is 0 Å². The van der Waals surface area contributed by atoms with Crippen molar-refractivity contribution in [3.63, 3.8) is 0 Å². The standard InChI is InChI=1S/C9H20N2O/c1-11-4-2-3-8(7-11)5-9(12)6-10/h8-9,12H,2-7,10H2,1H3. The van der Waals surface area contributed by atoms with Crippen molar-refractivity contribution in [1.29, 1.82) is 0 Å². The SMILES string of the molecule is CN1CCCC(CC(O)CN)C1. The molecule has 2 atom stereocenters. The Hall–Kier alpha value is -0.120. The van der Waals surface area contributed by atoms with Crippen molar-refractivity contribution >= 4 is 0 Å². The number of aliphatic hydroxyl groups excluding tert-OH is 1. The van der Waals surface area contributed by atoms with Crippen LogP contribution >= 0.6 is 0 Å². The molecule has 0 radical (unpaired) electrons. The van der Waals surface area contributed by atoms with E-state index in [2.05, 4.69) is 11.9 Å². The number of nitrogens with zero attached hydrogens (tertiary/aromatic N) is 1. The fraction of sp³-hybridized carbons (Fsp3) is 1.00. The molecular weight excluding hydrogens is 152 g/mol. The summed E-state index contributed by atoms with van der Waals surface area (Å²) >= 11 is 0. The topological polar surface area (TPSA) is 49.5 Å². The lowest BCUT2D eigenvalue weighted by atomic mass is 9.93. The van der Waals surface area contributed by atoms with Crippen LogP contribution in [0.25, 0.3) is 0 Å². The monoisotopic (exact) mass is 172 g/mol. The van der Waals surface area contributed by atoms with Crippen LogP contribution in [-0.4, -0.2) is 42.8 Å². The van der Waals surface area contributed by atoms with Crippen LogP contribution in [0.15, 0.2) is 0 Å². The van der Waals surface area contributed by atoms with Gasteiger partial charge in [0, 0.05) is 13.1 Å². The molecule has 1 rings (SSSR count). The van der Waals surface area contributed by atoms with Crippen molar-refractivity contribution in [3.8, 4) is 0 Å². The lowest BCUT2D eigenvalue weighted by Gasteiger charge is -2.30. The van der Waals surface area contributed by atoms with Gasteiger partial charge in [0.2, 0.25) is 0 Å². The quantitative estimate of drug-likeness (QED) is 0.632. The molecule has 0 aliphatic carbocycles. The minimum Gasteiger partial charge on any atom is -0.392 e. The van der Waals surface area contributed by atoms with Crippen LogP contribution < -0.4 is 5.73 Å². The maximum Gasteiger partial charge on any atom is 0.0665 e. The fourth-order valence-electron chi connectivity index (χ4n) is 1.95. The molecule has 0 saturated carbocycles. The third-order valence-electron chi connectivity index (χ3n) is 2.60. The average Bonchev–Trinajstić information content (AvgIpc) is 2.04. The molecular formula is C9H20N2O. The fourth-order valence-corrected chi connectivity index (χ4v) is 1.95. The second-order valence-corrected chi connectivity index (χ2v) is 3.90. The zero-order chi connectivity index (χ0) is 8.97. The molecule has 1 aliphatic rings. The van der Waals surface area contributed by atoms with Gasteiger partial charge >= 0.3 is 0 Å². The molecule has 2 unspecified atom stereocenters. The van der Waals surface area contributed by atoms with Gasteiger partial charge in [-0.15, -0.1) is 0 Å². The average molecular weight is 172 g/mol. The summed E-state index contributed by atoms with van der Waals surface area (Å²) in [7, 11) is 2.14. The highest BCUT2D eigenvalue weighted by Gasteiger charge is 2.19. The van der Waals surface area contributed by atoms with E-state index in [0.29, 0.717) is 12.5 Å². The van der Waals surface area contributed by atoms with E-state index in [1.807, 2.05) is 0 Å². The van der Waals surface area contributed by atoms with E-state index < -0.39 is 0 Å². The van der Waals surface area contributed by atoms with Gasteiger partial charge in [0.1, 0.15) is 0 Å². The number of piperidine rings is 1. The highest BCUT2D eigenvalue weighted by molar-refractivity contribution is 4.73. The molecule has 1 heterocycles. The molecule has 3 nitrogen and oxygen atoms in total. The third kappa shape index (κ3) is 3.09. The third-order valence-corrected chi connectivity index (χ3v) is 2.60. The number of hydrogen-bond acceptors (Lipinski definition) is 3. The molecule has 0 bridgehead atoms. The smallest absolute Gasteiger partial charge is 0.0665 e. The van der Waals surface area contributed by atoms with Gasteiger partial charge in [-0.3, -0.25) is 0 Å². The highest BCUT2D eigenvalue weighted by atomic mass is 16.3. The first kappa shape index (κ1) is 9.96. The van der Waals surface area contributed by atoms with Crippen LogP contribution in [0, 0.1) is 5.92 Å². The van der Waals surface area contributed by atoms with Gasteiger partial charge in [-0.25, -0.2) is 0 Å². The molecule has 0 spiro atoms. The zero-order valence-electron chi connectivity index (χ0n) is 7.87. The Bertz CT molecular complexity index is 130. The number of aliphatic hydroxyl groups is 1. The Morgan fingerprint density at radius 3 is 3.00 bits per heavy atom. The Morgan fingerprint density at radius 2 is 2.42 bits per heavy atom. The first-order valence-corrected chi connectivity index (χ1v) is 4.79. The maximum atomic E-state index is 9.35.